The molecule has 1 heterocycles. The van der Waals surface area contributed by atoms with Crippen molar-refractivity contribution in [3.63, 3.8) is 0 Å². The topological polar surface area (TPSA) is 30.5 Å². The Morgan fingerprint density at radius 3 is 3.36 bits per heavy atom. The van der Waals surface area contributed by atoms with Gasteiger partial charge in [-0.25, -0.2) is 0 Å². The van der Waals surface area contributed by atoms with Gasteiger partial charge in [-0.15, -0.1) is 0 Å². The van der Waals surface area contributed by atoms with Crippen molar-refractivity contribution in [1.82, 2.24) is 5.32 Å². The normalized spacial score (nSPS) is 31.5. The molecule has 0 amide bonds. The Hall–Kier alpha value is -1.22. The van der Waals surface area contributed by atoms with Gasteiger partial charge in [-0.2, -0.15) is 0 Å². The molecule has 3 heteroatoms. The second kappa shape index (κ2) is 3.88. The summed E-state index contributed by atoms with van der Waals surface area (Å²) in [4.78, 5) is 0. The number of benzene rings is 1. The van der Waals surface area contributed by atoms with Gasteiger partial charge in [0.2, 0.25) is 6.75 Å². The fourth-order valence-corrected chi connectivity index (χ4v) is 0.914. The first-order chi connectivity index (χ1) is 10.7. The van der Waals surface area contributed by atoms with Crippen LogP contribution in [0.4, 0.5) is 0 Å². The molecule has 2 rings (SSSR count). The summed E-state index contributed by atoms with van der Waals surface area (Å²) in [7, 11) is 1.23. The van der Waals surface area contributed by atoms with Crippen LogP contribution in [0.3, 0.4) is 0 Å². The molecule has 76 valence electrons. The third-order valence-electron chi connectivity index (χ3n) is 1.61. The van der Waals surface area contributed by atoms with Gasteiger partial charge in [0.05, 0.1) is 4.11 Å². The predicted octanol–water partition coefficient (Wildman–Crippen LogP) is 1.57. The second-order valence-corrected chi connectivity index (χ2v) is 2.56. The van der Waals surface area contributed by atoms with E-state index in [1.54, 1.807) is 0 Å². The van der Waals surface area contributed by atoms with Crippen molar-refractivity contribution in [2.24, 2.45) is 0 Å². The lowest BCUT2D eigenvalue weighted by Gasteiger charge is -2.09. The minimum Gasteiger partial charge on any atom is -0.454 e. The monoisotopic (exact) mass is 203 g/mol. The Balaban J connectivity index is 2.71. The van der Waals surface area contributed by atoms with Crippen molar-refractivity contribution in [3.05, 3.63) is 23.7 Å². The van der Waals surface area contributed by atoms with Crippen LogP contribution in [0.2, 0.25) is 0 Å². The number of rotatable bonds is 3. The quantitative estimate of drug-likeness (QED) is 0.809. The molecule has 1 aromatic rings. The van der Waals surface area contributed by atoms with E-state index < -0.39 is 61.2 Å². The van der Waals surface area contributed by atoms with Crippen molar-refractivity contribution in [1.29, 1.82) is 0 Å². The maximum absolute atomic E-state index is 8.15. The molecule has 14 heavy (non-hydrogen) atoms. The first-order valence-electron chi connectivity index (χ1n) is 8.93. The zero-order chi connectivity index (χ0) is 18.7. The van der Waals surface area contributed by atoms with Crippen molar-refractivity contribution < 1.29 is 23.2 Å². The highest BCUT2D eigenvalue weighted by Gasteiger charge is 2.13. The van der Waals surface area contributed by atoms with Crippen LogP contribution in [0.15, 0.2) is 18.1 Å². The van der Waals surface area contributed by atoms with Crippen LogP contribution in [0.1, 0.15) is 26.1 Å². The third-order valence-corrected chi connectivity index (χ3v) is 1.61. The molecule has 0 aliphatic carbocycles. The van der Waals surface area contributed by atoms with E-state index in [9.17, 15) is 0 Å². The van der Waals surface area contributed by atoms with Gasteiger partial charge in [-0.05, 0) is 37.9 Å². The highest BCUT2D eigenvalue weighted by atomic mass is 16.7. The minimum atomic E-state index is -2.79. The summed E-state index contributed by atoms with van der Waals surface area (Å²) in [5, 5.41) is 2.33. The summed E-state index contributed by atoms with van der Waals surface area (Å²) in [5.41, 5.74) is -0.678. The molecule has 0 aromatic heterocycles. The van der Waals surface area contributed by atoms with E-state index in [2.05, 4.69) is 5.32 Å². The van der Waals surface area contributed by atoms with Crippen molar-refractivity contribution in [2.75, 3.05) is 13.8 Å². The van der Waals surface area contributed by atoms with E-state index in [4.69, 9.17) is 23.2 Å². The van der Waals surface area contributed by atoms with Gasteiger partial charge in [0.1, 0.15) is 2.74 Å². The zero-order valence-electron chi connectivity index (χ0n) is 17.4. The Labute approximate surface area is 98.1 Å². The molecule has 0 fully saturated rings. The molecular weight excluding hydrogens is 178 g/mol. The molecule has 0 spiro atoms. The van der Waals surface area contributed by atoms with Crippen LogP contribution >= 0.6 is 0 Å². The van der Waals surface area contributed by atoms with Gasteiger partial charge in [0, 0.05) is 12.9 Å². The van der Waals surface area contributed by atoms with Crippen molar-refractivity contribution in [3.8, 4) is 11.5 Å². The first-order valence-corrected chi connectivity index (χ1v) is 3.93. The molecule has 1 aliphatic heterocycles. The van der Waals surface area contributed by atoms with E-state index in [0.29, 0.717) is 0 Å². The largest absolute Gasteiger partial charge is 0.454 e. The summed E-state index contributed by atoms with van der Waals surface area (Å²) in [6.07, 6.45) is -2.72. The Morgan fingerprint density at radius 2 is 2.57 bits per heavy atom. The molecule has 1 aliphatic rings. The van der Waals surface area contributed by atoms with Crippen LogP contribution in [0.25, 0.3) is 0 Å². The maximum Gasteiger partial charge on any atom is 0.231 e. The molecular formula is C11H15NO2. The van der Waals surface area contributed by atoms with Crippen molar-refractivity contribution in [2.45, 2.75) is 19.3 Å². The summed E-state index contributed by atoms with van der Waals surface area (Å²) in [6.45, 7) is -5.44. The lowest BCUT2D eigenvalue weighted by Crippen LogP contribution is -2.23. The molecule has 0 radical (unpaired) electrons. The molecule has 0 saturated heterocycles. The van der Waals surface area contributed by atoms with E-state index >= 15 is 0 Å². The number of nitrogens with one attached hydrogen (secondary N) is 1. The minimum absolute atomic E-state index is 0.482. The van der Waals surface area contributed by atoms with Gasteiger partial charge in [-0.1, -0.05) is 6.04 Å². The van der Waals surface area contributed by atoms with Crippen LogP contribution in [-0.4, -0.2) is 19.8 Å². The van der Waals surface area contributed by atoms with Gasteiger partial charge in [0.15, 0.2) is 11.5 Å². The predicted molar refractivity (Wildman–Crippen MR) is 54.8 cm³/mol. The summed E-state index contributed by atoms with van der Waals surface area (Å²) in [6, 6.07) is -3.91. The van der Waals surface area contributed by atoms with E-state index in [1.165, 1.54) is 7.05 Å². The summed E-state index contributed by atoms with van der Waals surface area (Å²) < 4.78 is 86.8. The first kappa shape index (κ1) is 3.14. The Bertz CT molecular complexity index is 672. The fraction of sp³-hybridized carbons (Fsp3) is 0.455. The summed E-state index contributed by atoms with van der Waals surface area (Å²) in [5.74, 6) is -1.01. The number of hydrogen-bond acceptors (Lipinski definition) is 3. The highest BCUT2D eigenvalue weighted by Crippen LogP contribution is 2.32. The van der Waals surface area contributed by atoms with Crippen LogP contribution in [-0.2, 0) is 6.37 Å². The van der Waals surface area contributed by atoms with Gasteiger partial charge >= 0.3 is 0 Å². The number of likely N-dealkylation sites (N-methyl/N-ethyl adjacent to an activating group) is 1. The van der Waals surface area contributed by atoms with Gasteiger partial charge in [-0.3, -0.25) is 0 Å². The molecule has 1 unspecified atom stereocenters. The lowest BCUT2D eigenvalue weighted by atomic mass is 10.1. The SMILES string of the molecule is [2H]c1c([2H])c(C([2H])([2H])C(NC)C([2H])([2H])[2H])c([2H])c2c1OC([2H])([2H])O2. The smallest absolute Gasteiger partial charge is 0.231 e. The molecule has 3 nitrogen and oxygen atoms in total. The van der Waals surface area contributed by atoms with E-state index in [1.807, 2.05) is 0 Å². The fourth-order valence-electron chi connectivity index (χ4n) is 0.914. The molecule has 1 atom stereocenters. The van der Waals surface area contributed by atoms with E-state index in [0.717, 1.165) is 0 Å². The molecule has 0 bridgehead atoms. The molecule has 0 saturated carbocycles. The highest BCUT2D eigenvalue weighted by molar-refractivity contribution is 5.44. The standard InChI is InChI=1S/C11H15NO2/c1-8(12-2)5-9-3-4-10-11(6-9)14-7-13-10/h3-4,6,8,12H,5,7H2,1-2H3/i1D3,3D,4D,5D2,6D,7D2. The molecule has 1 aromatic carbocycles. The molecule has 1 N–H and O–H groups in total. The lowest BCUT2D eigenvalue weighted by molar-refractivity contribution is 0.174. The second-order valence-electron chi connectivity index (χ2n) is 2.56. The van der Waals surface area contributed by atoms with Crippen LogP contribution in [0, 0.1) is 0 Å². The van der Waals surface area contributed by atoms with Gasteiger partial charge < -0.3 is 14.8 Å². The number of ether oxygens (including phenoxy) is 2. The number of hydrogen-bond donors (Lipinski definition) is 1. The van der Waals surface area contributed by atoms with Crippen molar-refractivity contribution >= 4 is 0 Å². The third kappa shape index (κ3) is 1.82. The average molecular weight is 203 g/mol. The average Bonchev–Trinajstić information content (AvgIpc) is 2.71. The Morgan fingerprint density at radius 1 is 1.71 bits per heavy atom. The van der Waals surface area contributed by atoms with E-state index in [-0.39, 0.29) is 0 Å². The zero-order valence-corrected chi connectivity index (χ0v) is 7.39. The van der Waals surface area contributed by atoms with Crippen LogP contribution < -0.4 is 14.8 Å². The van der Waals surface area contributed by atoms with Gasteiger partial charge in [0.25, 0.3) is 0 Å². The maximum atomic E-state index is 8.15. The number of fused-ring (bicyclic) bond motifs is 1. The summed E-state index contributed by atoms with van der Waals surface area (Å²) >= 11 is 0. The van der Waals surface area contributed by atoms with Crippen LogP contribution in [0.5, 0.6) is 11.5 Å². The Kier molecular flexibility index (Phi) is 0.869.